The van der Waals surface area contributed by atoms with Gasteiger partial charge >= 0.3 is 0 Å². The van der Waals surface area contributed by atoms with Crippen molar-refractivity contribution in [3.05, 3.63) is 16.0 Å². The van der Waals surface area contributed by atoms with Crippen LogP contribution in [0.4, 0.5) is 16.1 Å². The molecule has 0 atom stereocenters. The number of nitrogens with two attached hydrogens (primary N) is 1. The fraction of sp³-hybridized carbons (Fsp3) is 0.364. The molecule has 0 radical (unpaired) electrons. The van der Waals surface area contributed by atoms with Gasteiger partial charge in [-0.15, -0.1) is 11.3 Å². The number of methoxy groups -OCH3 is 1. The maximum absolute atomic E-state index is 12.1. The number of nitrogen functional groups attached to an aromatic ring is 1. The number of thiazole rings is 2. The summed E-state index contributed by atoms with van der Waals surface area (Å²) in [6, 6.07) is 0. The zero-order chi connectivity index (χ0) is 14.5. The minimum atomic E-state index is -0.297. The highest BCUT2D eigenvalue weighted by Gasteiger charge is 2.17. The molecule has 0 aliphatic carbocycles. The Morgan fingerprint density at radius 1 is 1.45 bits per heavy atom. The molecule has 0 aliphatic rings. The maximum atomic E-state index is 12.1. The van der Waals surface area contributed by atoms with Crippen LogP contribution < -0.4 is 16.4 Å². The quantitative estimate of drug-likeness (QED) is 0.703. The van der Waals surface area contributed by atoms with Crippen molar-refractivity contribution in [2.24, 2.45) is 0 Å². The highest BCUT2D eigenvalue weighted by Crippen LogP contribution is 2.26. The van der Waals surface area contributed by atoms with Gasteiger partial charge in [-0.1, -0.05) is 11.3 Å². The summed E-state index contributed by atoms with van der Waals surface area (Å²) in [5, 5.41) is 8.76. The summed E-state index contributed by atoms with van der Waals surface area (Å²) >= 11 is 2.58. The summed E-state index contributed by atoms with van der Waals surface area (Å²) in [5.74, 6) is -0.0881. The van der Waals surface area contributed by atoms with Crippen molar-refractivity contribution in [2.45, 2.75) is 6.92 Å². The number of nitrogens with one attached hydrogen (secondary N) is 2. The van der Waals surface area contributed by atoms with E-state index in [1.54, 1.807) is 7.11 Å². The molecule has 0 saturated heterocycles. The third kappa shape index (κ3) is 3.65. The van der Waals surface area contributed by atoms with Gasteiger partial charge in [-0.25, -0.2) is 9.97 Å². The van der Waals surface area contributed by atoms with Gasteiger partial charge in [-0.2, -0.15) is 0 Å². The molecule has 0 aliphatic heterocycles. The van der Waals surface area contributed by atoms with Crippen molar-refractivity contribution < 1.29 is 9.53 Å². The lowest BCUT2D eigenvalue weighted by Gasteiger charge is -1.99. The van der Waals surface area contributed by atoms with E-state index >= 15 is 0 Å². The van der Waals surface area contributed by atoms with Gasteiger partial charge in [0, 0.05) is 19.0 Å². The minimum absolute atomic E-state index is 0.209. The number of aromatic nitrogens is 2. The predicted molar refractivity (Wildman–Crippen MR) is 81.7 cm³/mol. The van der Waals surface area contributed by atoms with E-state index in [-0.39, 0.29) is 11.7 Å². The number of aryl methyl sites for hydroxylation is 1. The molecule has 20 heavy (non-hydrogen) atoms. The molecule has 0 aromatic carbocycles. The van der Waals surface area contributed by atoms with Crippen molar-refractivity contribution in [2.75, 3.05) is 36.6 Å². The molecule has 0 saturated carbocycles. The normalized spacial score (nSPS) is 10.5. The molecule has 7 nitrogen and oxygen atoms in total. The molecule has 0 spiro atoms. The Balaban J connectivity index is 2.02. The summed E-state index contributed by atoms with van der Waals surface area (Å²) in [6.45, 7) is 3.03. The van der Waals surface area contributed by atoms with Crippen LogP contribution in [0.3, 0.4) is 0 Å². The van der Waals surface area contributed by atoms with E-state index in [1.807, 2.05) is 12.3 Å². The number of ether oxygens (including phenoxy) is 1. The van der Waals surface area contributed by atoms with E-state index < -0.39 is 0 Å². The van der Waals surface area contributed by atoms with Crippen LogP contribution in [0.15, 0.2) is 5.38 Å². The Kier molecular flexibility index (Phi) is 4.88. The second-order valence-electron chi connectivity index (χ2n) is 3.90. The zero-order valence-electron chi connectivity index (χ0n) is 11.1. The first-order valence-corrected chi connectivity index (χ1v) is 7.52. The largest absolute Gasteiger partial charge is 0.383 e. The van der Waals surface area contributed by atoms with Gasteiger partial charge in [0.15, 0.2) is 10.3 Å². The zero-order valence-corrected chi connectivity index (χ0v) is 12.7. The van der Waals surface area contributed by atoms with Gasteiger partial charge in [0.1, 0.15) is 10.7 Å². The molecule has 1 amide bonds. The molecule has 2 aromatic rings. The Hall–Kier alpha value is -1.71. The first-order chi connectivity index (χ1) is 9.60. The Labute approximate surface area is 124 Å². The van der Waals surface area contributed by atoms with Gasteiger partial charge in [0.2, 0.25) is 0 Å². The van der Waals surface area contributed by atoms with E-state index in [2.05, 4.69) is 20.6 Å². The van der Waals surface area contributed by atoms with Gasteiger partial charge in [0.05, 0.1) is 12.3 Å². The lowest BCUT2D eigenvalue weighted by Crippen LogP contribution is -2.11. The molecule has 2 heterocycles. The first kappa shape index (κ1) is 14.7. The topological polar surface area (TPSA) is 102 Å². The van der Waals surface area contributed by atoms with Crippen LogP contribution in [0.25, 0.3) is 0 Å². The predicted octanol–water partition coefficient (Wildman–Crippen LogP) is 1.80. The van der Waals surface area contributed by atoms with Crippen LogP contribution in [0.2, 0.25) is 0 Å². The summed E-state index contributed by atoms with van der Waals surface area (Å²) in [7, 11) is 1.62. The standard InChI is InChI=1S/C11H15N5O2S2/c1-6-5-19-11(14-6)16-9(17)7-8(12)15-10(20-7)13-3-4-18-2/h5H,3-4,12H2,1-2H3,(H,13,15)(H,14,16,17). The number of hydrogen-bond acceptors (Lipinski definition) is 8. The summed E-state index contributed by atoms with van der Waals surface area (Å²) in [6.07, 6.45) is 0. The number of hydrogen-bond donors (Lipinski definition) is 3. The third-order valence-electron chi connectivity index (χ3n) is 2.28. The average Bonchev–Trinajstić information content (AvgIpc) is 2.96. The summed E-state index contributed by atoms with van der Waals surface area (Å²) in [5.41, 5.74) is 6.62. The Morgan fingerprint density at radius 2 is 2.25 bits per heavy atom. The number of nitrogens with zero attached hydrogens (tertiary/aromatic N) is 2. The number of anilines is 3. The SMILES string of the molecule is COCCNc1nc(N)c(C(=O)Nc2nc(C)cs2)s1. The van der Waals surface area contributed by atoms with E-state index in [4.69, 9.17) is 10.5 Å². The fourth-order valence-electron chi connectivity index (χ4n) is 1.40. The molecule has 9 heteroatoms. The monoisotopic (exact) mass is 313 g/mol. The van der Waals surface area contributed by atoms with Crippen LogP contribution in [-0.4, -0.2) is 36.1 Å². The Bertz CT molecular complexity index is 595. The van der Waals surface area contributed by atoms with Crippen molar-refractivity contribution in [1.82, 2.24) is 9.97 Å². The van der Waals surface area contributed by atoms with Crippen LogP contribution in [-0.2, 0) is 4.74 Å². The maximum Gasteiger partial charge on any atom is 0.271 e. The van der Waals surface area contributed by atoms with Crippen LogP contribution in [0, 0.1) is 6.92 Å². The van der Waals surface area contributed by atoms with E-state index in [0.29, 0.717) is 28.3 Å². The molecule has 0 unspecified atom stereocenters. The number of rotatable bonds is 6. The molecule has 108 valence electrons. The molecule has 0 bridgehead atoms. The van der Waals surface area contributed by atoms with Crippen molar-refractivity contribution in [1.29, 1.82) is 0 Å². The average molecular weight is 313 g/mol. The second-order valence-corrected chi connectivity index (χ2v) is 5.76. The number of carbonyl (C=O) groups excluding carboxylic acids is 1. The van der Waals surface area contributed by atoms with Crippen LogP contribution in [0.5, 0.6) is 0 Å². The molecule has 2 rings (SSSR count). The van der Waals surface area contributed by atoms with E-state index in [9.17, 15) is 4.79 Å². The van der Waals surface area contributed by atoms with E-state index in [0.717, 1.165) is 5.69 Å². The molecule has 2 aromatic heterocycles. The molecular formula is C11H15N5O2S2. The van der Waals surface area contributed by atoms with Crippen LogP contribution in [0.1, 0.15) is 15.4 Å². The summed E-state index contributed by atoms with van der Waals surface area (Å²) < 4.78 is 4.93. The van der Waals surface area contributed by atoms with Crippen molar-refractivity contribution in [3.8, 4) is 0 Å². The highest BCUT2D eigenvalue weighted by atomic mass is 32.1. The smallest absolute Gasteiger partial charge is 0.271 e. The molecule has 0 fully saturated rings. The number of carbonyl (C=O) groups is 1. The molecular weight excluding hydrogens is 298 g/mol. The third-order valence-corrected chi connectivity index (χ3v) is 4.18. The van der Waals surface area contributed by atoms with Crippen molar-refractivity contribution in [3.63, 3.8) is 0 Å². The minimum Gasteiger partial charge on any atom is -0.383 e. The van der Waals surface area contributed by atoms with Gasteiger partial charge in [0.25, 0.3) is 5.91 Å². The highest BCUT2D eigenvalue weighted by molar-refractivity contribution is 7.18. The van der Waals surface area contributed by atoms with Crippen LogP contribution >= 0.6 is 22.7 Å². The fourth-order valence-corrected chi connectivity index (χ4v) is 2.88. The lowest BCUT2D eigenvalue weighted by atomic mass is 10.5. The molecule has 4 N–H and O–H groups in total. The van der Waals surface area contributed by atoms with E-state index in [1.165, 1.54) is 22.7 Å². The van der Waals surface area contributed by atoms with Gasteiger partial charge in [-0.3, -0.25) is 10.1 Å². The second kappa shape index (κ2) is 6.64. The summed E-state index contributed by atoms with van der Waals surface area (Å²) in [4.78, 5) is 20.7. The van der Waals surface area contributed by atoms with Gasteiger partial charge < -0.3 is 15.8 Å². The first-order valence-electron chi connectivity index (χ1n) is 5.82. The van der Waals surface area contributed by atoms with Crippen molar-refractivity contribution >= 4 is 44.7 Å². The Morgan fingerprint density at radius 3 is 2.90 bits per heavy atom. The lowest BCUT2D eigenvalue weighted by molar-refractivity contribution is 0.103. The van der Waals surface area contributed by atoms with Gasteiger partial charge in [-0.05, 0) is 6.92 Å². The number of amides is 1.